The van der Waals surface area contributed by atoms with E-state index in [1.165, 1.54) is 29.8 Å². The SMILES string of the molecule is CC(C)(C)OC(=O)N(CC=O)NCC(CCCN1CCC(c2ccccc2)CC1)(c1ccc(F)cc1)c1ccc(F)cc1. The van der Waals surface area contributed by atoms with E-state index in [9.17, 15) is 18.4 Å². The summed E-state index contributed by atoms with van der Waals surface area (Å²) < 4.78 is 33.7. The number of halogens is 2. The number of piperidine rings is 1. The summed E-state index contributed by atoms with van der Waals surface area (Å²) in [5, 5.41) is 1.16. The molecule has 1 saturated heterocycles. The zero-order chi connectivity index (χ0) is 30.9. The highest BCUT2D eigenvalue weighted by molar-refractivity contribution is 5.71. The second-order valence-electron chi connectivity index (χ2n) is 12.3. The average molecular weight is 592 g/mol. The van der Waals surface area contributed by atoms with E-state index in [-0.39, 0.29) is 24.7 Å². The molecule has 0 unspecified atom stereocenters. The Morgan fingerprint density at radius 3 is 2.00 bits per heavy atom. The molecule has 3 aromatic rings. The zero-order valence-electron chi connectivity index (χ0n) is 25.4. The Balaban J connectivity index is 1.56. The lowest BCUT2D eigenvalue weighted by Crippen LogP contribution is -2.52. The number of hydrazine groups is 1. The van der Waals surface area contributed by atoms with E-state index in [0.717, 1.165) is 55.0 Å². The van der Waals surface area contributed by atoms with Crippen molar-refractivity contribution >= 4 is 12.4 Å². The van der Waals surface area contributed by atoms with Gasteiger partial charge in [-0.05, 0) is 113 Å². The number of amides is 1. The lowest BCUT2D eigenvalue weighted by Gasteiger charge is -2.39. The van der Waals surface area contributed by atoms with Crippen LogP contribution in [-0.4, -0.2) is 60.6 Å². The molecule has 0 spiro atoms. The van der Waals surface area contributed by atoms with Gasteiger partial charge in [0.2, 0.25) is 0 Å². The average Bonchev–Trinajstić information content (AvgIpc) is 2.99. The Morgan fingerprint density at radius 2 is 1.49 bits per heavy atom. The molecule has 230 valence electrons. The van der Waals surface area contributed by atoms with E-state index >= 15 is 0 Å². The topological polar surface area (TPSA) is 61.9 Å². The highest BCUT2D eigenvalue weighted by Gasteiger charge is 2.36. The lowest BCUT2D eigenvalue weighted by atomic mass is 9.71. The van der Waals surface area contributed by atoms with Crippen LogP contribution in [-0.2, 0) is 14.9 Å². The van der Waals surface area contributed by atoms with Crippen LogP contribution >= 0.6 is 0 Å². The van der Waals surface area contributed by atoms with Crippen molar-refractivity contribution in [3.05, 3.63) is 107 Å². The summed E-state index contributed by atoms with van der Waals surface area (Å²) in [6.45, 7) is 8.14. The summed E-state index contributed by atoms with van der Waals surface area (Å²) in [5.74, 6) is -0.152. The fourth-order valence-electron chi connectivity index (χ4n) is 5.93. The number of carbonyl (C=O) groups is 2. The van der Waals surface area contributed by atoms with Crippen LogP contribution < -0.4 is 5.43 Å². The van der Waals surface area contributed by atoms with Gasteiger partial charge in [-0.15, -0.1) is 0 Å². The molecule has 1 heterocycles. The predicted octanol–water partition coefficient (Wildman–Crippen LogP) is 6.85. The number of hydrogen-bond donors (Lipinski definition) is 1. The maximum Gasteiger partial charge on any atom is 0.425 e. The number of nitrogens with one attached hydrogen (secondary N) is 1. The van der Waals surface area contributed by atoms with Gasteiger partial charge in [-0.3, -0.25) is 0 Å². The van der Waals surface area contributed by atoms with E-state index in [4.69, 9.17) is 4.74 Å². The summed E-state index contributed by atoms with van der Waals surface area (Å²) in [6, 6.07) is 23.3. The third-order valence-electron chi connectivity index (χ3n) is 8.17. The van der Waals surface area contributed by atoms with E-state index in [1.54, 1.807) is 45.0 Å². The van der Waals surface area contributed by atoms with Gasteiger partial charge in [0.15, 0.2) is 0 Å². The van der Waals surface area contributed by atoms with Crippen molar-refractivity contribution in [2.45, 2.75) is 63.4 Å². The molecule has 4 rings (SSSR count). The molecule has 1 aliphatic rings. The Morgan fingerprint density at radius 1 is 0.930 bits per heavy atom. The molecule has 0 aromatic heterocycles. The van der Waals surface area contributed by atoms with Crippen LogP contribution in [0.5, 0.6) is 0 Å². The first-order valence-electron chi connectivity index (χ1n) is 15.1. The van der Waals surface area contributed by atoms with Gasteiger partial charge in [-0.2, -0.15) is 0 Å². The molecule has 8 heteroatoms. The van der Waals surface area contributed by atoms with Crippen molar-refractivity contribution in [2.75, 3.05) is 32.7 Å². The fourth-order valence-corrected chi connectivity index (χ4v) is 5.93. The molecule has 0 bridgehead atoms. The number of ether oxygens (including phenoxy) is 1. The van der Waals surface area contributed by atoms with Crippen molar-refractivity contribution in [1.29, 1.82) is 0 Å². The van der Waals surface area contributed by atoms with Crippen LogP contribution in [0.15, 0.2) is 78.9 Å². The molecule has 1 aliphatic heterocycles. The van der Waals surface area contributed by atoms with Crippen molar-refractivity contribution in [3.63, 3.8) is 0 Å². The van der Waals surface area contributed by atoms with Crippen LogP contribution in [0.3, 0.4) is 0 Å². The lowest BCUT2D eigenvalue weighted by molar-refractivity contribution is -0.109. The van der Waals surface area contributed by atoms with E-state index < -0.39 is 17.1 Å². The Labute approximate surface area is 254 Å². The monoisotopic (exact) mass is 591 g/mol. The van der Waals surface area contributed by atoms with Crippen LogP contribution in [0.2, 0.25) is 0 Å². The number of benzene rings is 3. The molecule has 6 nitrogen and oxygen atoms in total. The van der Waals surface area contributed by atoms with Crippen LogP contribution in [0.4, 0.5) is 13.6 Å². The molecule has 0 aliphatic carbocycles. The number of likely N-dealkylation sites (tertiary alicyclic amines) is 1. The first-order chi connectivity index (χ1) is 20.6. The van der Waals surface area contributed by atoms with Gasteiger partial charge in [0.05, 0.1) is 6.54 Å². The Bertz CT molecular complexity index is 1260. The quantitative estimate of drug-likeness (QED) is 0.184. The molecule has 43 heavy (non-hydrogen) atoms. The second kappa shape index (κ2) is 14.7. The molecule has 1 amide bonds. The largest absolute Gasteiger partial charge is 0.443 e. The van der Waals surface area contributed by atoms with E-state index in [1.807, 2.05) is 6.07 Å². The number of nitrogens with zero attached hydrogens (tertiary/aromatic N) is 2. The normalized spacial score (nSPS) is 14.8. The summed E-state index contributed by atoms with van der Waals surface area (Å²) >= 11 is 0. The molecular formula is C35H43F2N3O3. The molecule has 0 atom stereocenters. The van der Waals surface area contributed by atoms with Gasteiger partial charge >= 0.3 is 6.09 Å². The minimum Gasteiger partial charge on any atom is -0.443 e. The predicted molar refractivity (Wildman–Crippen MR) is 165 cm³/mol. The summed E-state index contributed by atoms with van der Waals surface area (Å²) in [4.78, 5) is 26.9. The van der Waals surface area contributed by atoms with Gasteiger partial charge in [0, 0.05) is 12.0 Å². The number of rotatable bonds is 12. The molecule has 0 radical (unpaired) electrons. The van der Waals surface area contributed by atoms with Crippen molar-refractivity contribution < 1.29 is 23.1 Å². The standard InChI is InChI=1S/C35H43F2N3O3/c1-34(2,3)43-33(42)40(24-25-41)38-26-35(29-10-14-31(36)15-11-29,30-12-16-32(37)17-13-30)20-7-21-39-22-18-28(19-23-39)27-8-5-4-6-9-27/h4-6,8-17,25,28,38H,7,18-24,26H2,1-3H3. The maximum absolute atomic E-state index is 14.1. The maximum atomic E-state index is 14.1. The fraction of sp³-hybridized carbons (Fsp3) is 0.429. The summed E-state index contributed by atoms with van der Waals surface area (Å²) in [6.07, 6.45) is 3.61. The van der Waals surface area contributed by atoms with Crippen LogP contribution in [0.1, 0.15) is 69.1 Å². The molecule has 3 aromatic carbocycles. The Kier molecular flexibility index (Phi) is 11.0. The van der Waals surface area contributed by atoms with Gasteiger partial charge in [0.1, 0.15) is 23.5 Å². The first kappa shape index (κ1) is 32.3. The zero-order valence-corrected chi connectivity index (χ0v) is 25.4. The highest BCUT2D eigenvalue weighted by Crippen LogP contribution is 2.38. The Hall–Kier alpha value is -3.62. The minimum atomic E-state index is -0.757. The third-order valence-corrected chi connectivity index (χ3v) is 8.17. The minimum absolute atomic E-state index is 0.202. The van der Waals surface area contributed by atoms with E-state index in [0.29, 0.717) is 18.6 Å². The van der Waals surface area contributed by atoms with Gasteiger partial charge in [-0.25, -0.2) is 24.0 Å². The summed E-state index contributed by atoms with van der Waals surface area (Å²) in [5.41, 5.74) is 4.68. The van der Waals surface area contributed by atoms with Gasteiger partial charge in [0.25, 0.3) is 0 Å². The van der Waals surface area contributed by atoms with Crippen molar-refractivity contribution in [3.8, 4) is 0 Å². The second-order valence-corrected chi connectivity index (χ2v) is 12.3. The number of hydrogen-bond acceptors (Lipinski definition) is 5. The van der Waals surface area contributed by atoms with Gasteiger partial charge < -0.3 is 14.4 Å². The van der Waals surface area contributed by atoms with Gasteiger partial charge in [-0.1, -0.05) is 54.6 Å². The first-order valence-corrected chi connectivity index (χ1v) is 15.1. The van der Waals surface area contributed by atoms with E-state index in [2.05, 4.69) is 34.6 Å². The molecule has 1 N–H and O–H groups in total. The van der Waals surface area contributed by atoms with Crippen molar-refractivity contribution in [1.82, 2.24) is 15.3 Å². The molecular weight excluding hydrogens is 548 g/mol. The number of carbonyl (C=O) groups excluding carboxylic acids is 2. The van der Waals surface area contributed by atoms with Crippen LogP contribution in [0, 0.1) is 11.6 Å². The van der Waals surface area contributed by atoms with Crippen LogP contribution in [0.25, 0.3) is 0 Å². The molecule has 0 saturated carbocycles. The smallest absolute Gasteiger partial charge is 0.425 e. The number of aldehydes is 1. The summed E-state index contributed by atoms with van der Waals surface area (Å²) in [7, 11) is 0. The highest BCUT2D eigenvalue weighted by atomic mass is 19.1. The molecule has 1 fully saturated rings. The van der Waals surface area contributed by atoms with Crippen molar-refractivity contribution in [2.24, 2.45) is 0 Å². The third kappa shape index (κ3) is 8.94.